The predicted molar refractivity (Wildman–Crippen MR) is 73.6 cm³/mol. The van der Waals surface area contributed by atoms with Gasteiger partial charge in [-0.3, -0.25) is 0 Å². The molecule has 0 aliphatic heterocycles. The lowest BCUT2D eigenvalue weighted by Gasteiger charge is -2.14. The van der Waals surface area contributed by atoms with E-state index in [4.69, 9.17) is 10.5 Å². The second kappa shape index (κ2) is 6.75. The van der Waals surface area contributed by atoms with Gasteiger partial charge < -0.3 is 10.5 Å². The zero-order valence-electron chi connectivity index (χ0n) is 10.9. The fourth-order valence-corrected chi connectivity index (χ4v) is 2.58. The Morgan fingerprint density at radius 1 is 1.39 bits per heavy atom. The first-order valence-corrected chi connectivity index (χ1v) is 8.01. The number of hydrogen-bond acceptors (Lipinski definition) is 4. The molecule has 102 valence electrons. The van der Waals surface area contributed by atoms with Crippen molar-refractivity contribution >= 4 is 9.84 Å². The van der Waals surface area contributed by atoms with Crippen molar-refractivity contribution in [2.45, 2.75) is 12.8 Å². The number of rotatable bonds is 7. The van der Waals surface area contributed by atoms with Crippen LogP contribution in [0.25, 0.3) is 0 Å². The number of sulfone groups is 1. The summed E-state index contributed by atoms with van der Waals surface area (Å²) in [5.41, 5.74) is 6.82. The molecule has 1 rings (SSSR count). The van der Waals surface area contributed by atoms with E-state index >= 15 is 0 Å². The molecule has 2 N–H and O–H groups in total. The largest absolute Gasteiger partial charge is 0.497 e. The van der Waals surface area contributed by atoms with E-state index in [-0.39, 0.29) is 11.7 Å². The molecule has 0 aromatic heterocycles. The van der Waals surface area contributed by atoms with E-state index in [9.17, 15) is 8.42 Å². The molecule has 1 aromatic rings. The van der Waals surface area contributed by atoms with Gasteiger partial charge in [-0.05, 0) is 43.0 Å². The van der Waals surface area contributed by atoms with Gasteiger partial charge in [0.2, 0.25) is 0 Å². The molecular formula is C13H21NO3S. The Bertz CT molecular complexity index is 471. The molecule has 5 heteroatoms. The summed E-state index contributed by atoms with van der Waals surface area (Å²) in [6.45, 7) is 0.493. The third-order valence-corrected chi connectivity index (χ3v) is 3.87. The van der Waals surface area contributed by atoms with Crippen molar-refractivity contribution in [2.24, 2.45) is 11.7 Å². The molecule has 0 heterocycles. The molecule has 0 saturated carbocycles. The van der Waals surface area contributed by atoms with E-state index in [0.717, 1.165) is 17.7 Å². The highest BCUT2D eigenvalue weighted by molar-refractivity contribution is 7.90. The summed E-state index contributed by atoms with van der Waals surface area (Å²) in [7, 11) is -1.29. The van der Waals surface area contributed by atoms with Crippen LogP contribution in [0.2, 0.25) is 0 Å². The molecule has 1 unspecified atom stereocenters. The summed E-state index contributed by atoms with van der Waals surface area (Å²) >= 11 is 0. The molecule has 0 fully saturated rings. The maximum atomic E-state index is 11.1. The van der Waals surface area contributed by atoms with Crippen LogP contribution in [0.15, 0.2) is 24.3 Å². The summed E-state index contributed by atoms with van der Waals surface area (Å²) in [5, 5.41) is 0. The standard InChI is InChI=1S/C13H21NO3S/c1-17-13-5-3-4-11(9-13)8-12(10-14)6-7-18(2,15)16/h3-5,9,12H,6-8,10,14H2,1-2H3. The van der Waals surface area contributed by atoms with Crippen LogP contribution in [0, 0.1) is 5.92 Å². The molecule has 0 saturated heterocycles. The van der Waals surface area contributed by atoms with E-state index in [1.54, 1.807) is 7.11 Å². The maximum absolute atomic E-state index is 11.1. The van der Waals surface area contributed by atoms with Crippen molar-refractivity contribution in [1.82, 2.24) is 0 Å². The van der Waals surface area contributed by atoms with E-state index < -0.39 is 9.84 Å². The minimum Gasteiger partial charge on any atom is -0.497 e. The molecule has 1 aromatic carbocycles. The zero-order chi connectivity index (χ0) is 13.6. The van der Waals surface area contributed by atoms with Crippen molar-refractivity contribution < 1.29 is 13.2 Å². The third kappa shape index (κ3) is 5.51. The molecule has 4 nitrogen and oxygen atoms in total. The Labute approximate surface area is 109 Å². The molecule has 0 amide bonds. The van der Waals surface area contributed by atoms with Gasteiger partial charge in [-0.2, -0.15) is 0 Å². The Balaban J connectivity index is 2.61. The number of ether oxygens (including phenoxy) is 1. The van der Waals surface area contributed by atoms with Crippen molar-refractivity contribution in [2.75, 3.05) is 25.7 Å². The normalized spacial score (nSPS) is 13.3. The average molecular weight is 271 g/mol. The number of methoxy groups -OCH3 is 1. The van der Waals surface area contributed by atoms with Gasteiger partial charge in [0.15, 0.2) is 0 Å². The van der Waals surface area contributed by atoms with Gasteiger partial charge in [-0.15, -0.1) is 0 Å². The van der Waals surface area contributed by atoms with Crippen LogP contribution < -0.4 is 10.5 Å². The van der Waals surface area contributed by atoms with Gasteiger partial charge >= 0.3 is 0 Å². The van der Waals surface area contributed by atoms with E-state index in [1.165, 1.54) is 6.26 Å². The quantitative estimate of drug-likeness (QED) is 0.810. The molecule has 0 bridgehead atoms. The van der Waals surface area contributed by atoms with Crippen molar-refractivity contribution in [3.05, 3.63) is 29.8 Å². The minimum atomic E-state index is -2.91. The Hall–Kier alpha value is -1.07. The molecular weight excluding hydrogens is 250 g/mol. The van der Waals surface area contributed by atoms with Crippen LogP contribution in [0.4, 0.5) is 0 Å². The lowest BCUT2D eigenvalue weighted by molar-refractivity contribution is 0.413. The summed E-state index contributed by atoms with van der Waals surface area (Å²) in [6, 6.07) is 7.78. The van der Waals surface area contributed by atoms with E-state index in [0.29, 0.717) is 13.0 Å². The third-order valence-electron chi connectivity index (χ3n) is 2.89. The molecule has 18 heavy (non-hydrogen) atoms. The monoisotopic (exact) mass is 271 g/mol. The van der Waals surface area contributed by atoms with Crippen molar-refractivity contribution in [1.29, 1.82) is 0 Å². The minimum absolute atomic E-state index is 0.187. The van der Waals surface area contributed by atoms with Crippen LogP contribution in [0.3, 0.4) is 0 Å². The Morgan fingerprint density at radius 2 is 2.11 bits per heavy atom. The maximum Gasteiger partial charge on any atom is 0.147 e. The first-order valence-electron chi connectivity index (χ1n) is 5.95. The predicted octanol–water partition coefficient (Wildman–Crippen LogP) is 1.25. The molecule has 0 spiro atoms. The summed E-state index contributed by atoms with van der Waals surface area (Å²) in [4.78, 5) is 0. The highest BCUT2D eigenvalue weighted by atomic mass is 32.2. The second-order valence-electron chi connectivity index (χ2n) is 4.58. The molecule has 0 aliphatic carbocycles. The van der Waals surface area contributed by atoms with Crippen molar-refractivity contribution in [3.63, 3.8) is 0 Å². The number of benzene rings is 1. The van der Waals surface area contributed by atoms with Crippen molar-refractivity contribution in [3.8, 4) is 5.75 Å². The topological polar surface area (TPSA) is 69.4 Å². The van der Waals surface area contributed by atoms with Crippen LogP contribution in [0.1, 0.15) is 12.0 Å². The van der Waals surface area contributed by atoms with Crippen LogP contribution in [-0.2, 0) is 16.3 Å². The fraction of sp³-hybridized carbons (Fsp3) is 0.538. The highest BCUT2D eigenvalue weighted by Crippen LogP contribution is 2.17. The number of nitrogens with two attached hydrogens (primary N) is 1. The molecule has 0 aliphatic rings. The SMILES string of the molecule is COc1cccc(CC(CN)CCS(C)(=O)=O)c1. The summed E-state index contributed by atoms with van der Waals surface area (Å²) in [6.07, 6.45) is 2.64. The molecule has 0 radical (unpaired) electrons. The van der Waals surface area contributed by atoms with Gasteiger partial charge in [-0.25, -0.2) is 8.42 Å². The lowest BCUT2D eigenvalue weighted by Crippen LogP contribution is -2.20. The fourth-order valence-electron chi connectivity index (χ4n) is 1.82. The Morgan fingerprint density at radius 3 is 2.67 bits per heavy atom. The van der Waals surface area contributed by atoms with Gasteiger partial charge in [0, 0.05) is 6.26 Å². The van der Waals surface area contributed by atoms with Gasteiger partial charge in [0.1, 0.15) is 15.6 Å². The van der Waals surface area contributed by atoms with Gasteiger partial charge in [-0.1, -0.05) is 12.1 Å². The van der Waals surface area contributed by atoms with Crippen LogP contribution >= 0.6 is 0 Å². The van der Waals surface area contributed by atoms with Gasteiger partial charge in [0.25, 0.3) is 0 Å². The lowest BCUT2D eigenvalue weighted by atomic mass is 9.97. The summed E-state index contributed by atoms with van der Waals surface area (Å²) in [5.74, 6) is 1.19. The zero-order valence-corrected chi connectivity index (χ0v) is 11.7. The first kappa shape index (κ1) is 15.0. The van der Waals surface area contributed by atoms with Crippen LogP contribution in [-0.4, -0.2) is 34.1 Å². The smallest absolute Gasteiger partial charge is 0.147 e. The first-order chi connectivity index (χ1) is 8.44. The highest BCUT2D eigenvalue weighted by Gasteiger charge is 2.12. The Kier molecular flexibility index (Phi) is 5.62. The summed E-state index contributed by atoms with van der Waals surface area (Å²) < 4.78 is 27.4. The van der Waals surface area contributed by atoms with E-state index in [1.807, 2.05) is 24.3 Å². The van der Waals surface area contributed by atoms with Gasteiger partial charge in [0.05, 0.1) is 12.9 Å². The van der Waals surface area contributed by atoms with Crippen LogP contribution in [0.5, 0.6) is 5.75 Å². The second-order valence-corrected chi connectivity index (χ2v) is 6.84. The molecule has 1 atom stereocenters. The average Bonchev–Trinajstić information content (AvgIpc) is 2.33. The number of hydrogen-bond donors (Lipinski definition) is 1. The van der Waals surface area contributed by atoms with E-state index in [2.05, 4.69) is 0 Å².